The zero-order valence-corrected chi connectivity index (χ0v) is 10.6. The van der Waals surface area contributed by atoms with E-state index in [1.165, 1.54) is 25.7 Å². The smallest absolute Gasteiger partial charge is 0.0240 e. The first-order valence-electron chi connectivity index (χ1n) is 6.66. The molecule has 0 aromatic heterocycles. The van der Waals surface area contributed by atoms with Gasteiger partial charge in [-0.3, -0.25) is 0 Å². The van der Waals surface area contributed by atoms with Gasteiger partial charge in [-0.05, 0) is 39.2 Å². The van der Waals surface area contributed by atoms with Crippen LogP contribution in [0.25, 0.3) is 0 Å². The van der Waals surface area contributed by atoms with Crippen molar-refractivity contribution in [2.45, 2.75) is 69.6 Å². The van der Waals surface area contributed by atoms with E-state index < -0.39 is 0 Å². The number of rotatable bonds is 4. The standard InChI is InChI=1S/C14H24N2/c1-4-6-11(5-2)15-12-9-13-7-8-14(10-12)16(13)3/h1,11-15H,5-10H2,2-3H3. The molecule has 2 heterocycles. The second kappa shape index (κ2) is 5.21. The molecule has 2 aliphatic rings. The summed E-state index contributed by atoms with van der Waals surface area (Å²) in [5.74, 6) is 2.78. The van der Waals surface area contributed by atoms with Gasteiger partial charge >= 0.3 is 0 Å². The van der Waals surface area contributed by atoms with Crippen LogP contribution in [-0.4, -0.2) is 36.1 Å². The molecule has 90 valence electrons. The molecule has 2 saturated heterocycles. The molecular weight excluding hydrogens is 196 g/mol. The van der Waals surface area contributed by atoms with Crippen LogP contribution in [0.2, 0.25) is 0 Å². The maximum atomic E-state index is 5.40. The fraction of sp³-hybridized carbons (Fsp3) is 0.857. The summed E-state index contributed by atoms with van der Waals surface area (Å²) in [4.78, 5) is 2.58. The Kier molecular flexibility index (Phi) is 3.89. The second-order valence-electron chi connectivity index (χ2n) is 5.40. The highest BCUT2D eigenvalue weighted by molar-refractivity contribution is 4.98. The molecule has 3 unspecified atom stereocenters. The Bertz CT molecular complexity index is 254. The van der Waals surface area contributed by atoms with Crippen LogP contribution < -0.4 is 5.32 Å². The van der Waals surface area contributed by atoms with Crippen molar-refractivity contribution in [3.8, 4) is 12.3 Å². The van der Waals surface area contributed by atoms with E-state index in [9.17, 15) is 0 Å². The van der Waals surface area contributed by atoms with Gasteiger partial charge in [0.15, 0.2) is 0 Å². The molecular formula is C14H24N2. The molecule has 2 bridgehead atoms. The molecule has 0 radical (unpaired) electrons. The second-order valence-corrected chi connectivity index (χ2v) is 5.40. The maximum absolute atomic E-state index is 5.40. The summed E-state index contributed by atoms with van der Waals surface area (Å²) < 4.78 is 0. The summed E-state index contributed by atoms with van der Waals surface area (Å²) in [6.07, 6.45) is 12.8. The van der Waals surface area contributed by atoms with Gasteiger partial charge in [0, 0.05) is 30.6 Å². The third kappa shape index (κ3) is 2.42. The summed E-state index contributed by atoms with van der Waals surface area (Å²) >= 11 is 0. The molecule has 0 aliphatic carbocycles. The van der Waals surface area contributed by atoms with Crippen molar-refractivity contribution in [1.29, 1.82) is 0 Å². The van der Waals surface area contributed by atoms with E-state index in [1.54, 1.807) is 0 Å². The number of nitrogens with zero attached hydrogens (tertiary/aromatic N) is 1. The molecule has 16 heavy (non-hydrogen) atoms. The molecule has 2 fully saturated rings. The van der Waals surface area contributed by atoms with Gasteiger partial charge < -0.3 is 10.2 Å². The van der Waals surface area contributed by atoms with E-state index in [-0.39, 0.29) is 0 Å². The normalized spacial score (nSPS) is 35.9. The minimum absolute atomic E-state index is 0.526. The van der Waals surface area contributed by atoms with E-state index in [0.29, 0.717) is 12.1 Å². The van der Waals surface area contributed by atoms with Crippen molar-refractivity contribution in [2.24, 2.45) is 0 Å². The number of terminal acetylenes is 1. The Labute approximate surface area is 99.8 Å². The van der Waals surface area contributed by atoms with Gasteiger partial charge in [0.25, 0.3) is 0 Å². The van der Waals surface area contributed by atoms with Crippen LogP contribution >= 0.6 is 0 Å². The predicted molar refractivity (Wildman–Crippen MR) is 68.3 cm³/mol. The van der Waals surface area contributed by atoms with Crippen LogP contribution in [0.15, 0.2) is 0 Å². The minimum Gasteiger partial charge on any atom is -0.310 e. The summed E-state index contributed by atoms with van der Waals surface area (Å²) in [5.41, 5.74) is 0. The Morgan fingerprint density at radius 1 is 1.38 bits per heavy atom. The van der Waals surface area contributed by atoms with Crippen LogP contribution in [0.3, 0.4) is 0 Å². The third-order valence-corrected chi connectivity index (χ3v) is 4.43. The number of hydrogen-bond acceptors (Lipinski definition) is 2. The fourth-order valence-electron chi connectivity index (χ4n) is 3.34. The van der Waals surface area contributed by atoms with Crippen LogP contribution in [-0.2, 0) is 0 Å². The number of piperidine rings is 1. The third-order valence-electron chi connectivity index (χ3n) is 4.43. The quantitative estimate of drug-likeness (QED) is 0.729. The van der Waals surface area contributed by atoms with E-state index in [4.69, 9.17) is 6.42 Å². The van der Waals surface area contributed by atoms with Crippen LogP contribution in [0.1, 0.15) is 45.4 Å². The van der Waals surface area contributed by atoms with E-state index in [1.807, 2.05) is 0 Å². The first kappa shape index (κ1) is 12.0. The highest BCUT2D eigenvalue weighted by atomic mass is 15.2. The number of nitrogens with one attached hydrogen (secondary N) is 1. The lowest BCUT2D eigenvalue weighted by Gasteiger charge is -2.38. The van der Waals surface area contributed by atoms with Crippen molar-refractivity contribution in [3.63, 3.8) is 0 Å². The number of fused-ring (bicyclic) bond motifs is 2. The SMILES string of the molecule is C#CCC(CC)NC1CC2CCC(C1)N2C. The topological polar surface area (TPSA) is 15.3 Å². The van der Waals surface area contributed by atoms with Crippen molar-refractivity contribution in [3.05, 3.63) is 0 Å². The predicted octanol–water partition coefficient (Wildman–Crippen LogP) is 2.00. The lowest BCUT2D eigenvalue weighted by molar-refractivity contribution is 0.143. The van der Waals surface area contributed by atoms with Gasteiger partial charge in [0.2, 0.25) is 0 Å². The Morgan fingerprint density at radius 2 is 2.00 bits per heavy atom. The van der Waals surface area contributed by atoms with Crippen molar-refractivity contribution >= 4 is 0 Å². The molecule has 2 aliphatic heterocycles. The van der Waals surface area contributed by atoms with Gasteiger partial charge in [0.1, 0.15) is 0 Å². The molecule has 0 saturated carbocycles. The monoisotopic (exact) mass is 220 g/mol. The van der Waals surface area contributed by atoms with Gasteiger partial charge in [-0.25, -0.2) is 0 Å². The van der Waals surface area contributed by atoms with E-state index in [2.05, 4.69) is 30.1 Å². The summed E-state index contributed by atoms with van der Waals surface area (Å²) in [5, 5.41) is 3.76. The molecule has 0 aromatic carbocycles. The summed E-state index contributed by atoms with van der Waals surface area (Å²) in [6, 6.07) is 2.86. The van der Waals surface area contributed by atoms with E-state index >= 15 is 0 Å². The van der Waals surface area contributed by atoms with Crippen molar-refractivity contribution in [1.82, 2.24) is 10.2 Å². The highest BCUT2D eigenvalue weighted by Gasteiger charge is 2.38. The lowest BCUT2D eigenvalue weighted by atomic mass is 9.96. The average molecular weight is 220 g/mol. The summed E-state index contributed by atoms with van der Waals surface area (Å²) in [7, 11) is 2.29. The summed E-state index contributed by atoms with van der Waals surface area (Å²) in [6.45, 7) is 2.22. The first-order valence-corrected chi connectivity index (χ1v) is 6.66. The molecule has 2 heteroatoms. The lowest BCUT2D eigenvalue weighted by Crippen LogP contribution is -2.49. The molecule has 0 aromatic rings. The van der Waals surface area contributed by atoms with Gasteiger partial charge in [-0.15, -0.1) is 12.3 Å². The molecule has 0 spiro atoms. The Balaban J connectivity index is 1.86. The fourth-order valence-corrected chi connectivity index (χ4v) is 3.34. The average Bonchev–Trinajstić information content (AvgIpc) is 2.53. The molecule has 0 amide bonds. The Hall–Kier alpha value is -0.520. The maximum Gasteiger partial charge on any atom is 0.0240 e. The largest absolute Gasteiger partial charge is 0.310 e. The Morgan fingerprint density at radius 3 is 2.50 bits per heavy atom. The zero-order valence-electron chi connectivity index (χ0n) is 10.6. The number of hydrogen-bond donors (Lipinski definition) is 1. The molecule has 1 N–H and O–H groups in total. The van der Waals surface area contributed by atoms with E-state index in [0.717, 1.165) is 24.9 Å². The van der Waals surface area contributed by atoms with Gasteiger partial charge in [-0.1, -0.05) is 6.92 Å². The minimum atomic E-state index is 0.526. The zero-order chi connectivity index (χ0) is 11.5. The van der Waals surface area contributed by atoms with Gasteiger partial charge in [0.05, 0.1) is 0 Å². The first-order chi connectivity index (χ1) is 7.74. The molecule has 2 nitrogen and oxygen atoms in total. The van der Waals surface area contributed by atoms with Crippen LogP contribution in [0, 0.1) is 12.3 Å². The van der Waals surface area contributed by atoms with Crippen LogP contribution in [0.5, 0.6) is 0 Å². The highest BCUT2D eigenvalue weighted by Crippen LogP contribution is 2.34. The molecule has 3 atom stereocenters. The van der Waals surface area contributed by atoms with Crippen molar-refractivity contribution in [2.75, 3.05) is 7.05 Å². The van der Waals surface area contributed by atoms with Crippen LogP contribution in [0.4, 0.5) is 0 Å². The molecule has 2 rings (SSSR count). The van der Waals surface area contributed by atoms with Gasteiger partial charge in [-0.2, -0.15) is 0 Å². The van der Waals surface area contributed by atoms with Crippen molar-refractivity contribution < 1.29 is 0 Å².